The number of hydrogen-bond acceptors (Lipinski definition) is 3. The number of nitrogens with zero attached hydrogens (tertiary/aromatic N) is 1. The number of nitrogens with one attached hydrogen (secondary N) is 1. The Morgan fingerprint density at radius 2 is 2.06 bits per heavy atom. The zero-order valence-corrected chi connectivity index (χ0v) is 10.6. The summed E-state index contributed by atoms with van der Waals surface area (Å²) in [5, 5.41) is 8.34. The Balaban J connectivity index is 1.76. The van der Waals surface area contributed by atoms with Crippen LogP contribution in [0.1, 0.15) is 31.4 Å². The lowest BCUT2D eigenvalue weighted by atomic mass is 9.94. The lowest BCUT2D eigenvalue weighted by Crippen LogP contribution is -2.31. The van der Waals surface area contributed by atoms with E-state index in [0.717, 1.165) is 48.0 Å². The fourth-order valence-corrected chi connectivity index (χ4v) is 2.60. The number of aromatic amines is 1. The third kappa shape index (κ3) is 2.20. The van der Waals surface area contributed by atoms with Gasteiger partial charge in [-0.2, -0.15) is 5.10 Å². The van der Waals surface area contributed by atoms with E-state index in [0.29, 0.717) is 12.1 Å². The van der Waals surface area contributed by atoms with Crippen molar-refractivity contribution in [3.8, 4) is 5.75 Å². The first-order chi connectivity index (χ1) is 8.72. The molecule has 0 radical (unpaired) electrons. The molecule has 1 heterocycles. The predicted molar refractivity (Wildman–Crippen MR) is 71.7 cm³/mol. The highest BCUT2D eigenvalue weighted by Crippen LogP contribution is 2.26. The van der Waals surface area contributed by atoms with E-state index in [1.807, 2.05) is 19.1 Å². The molecule has 0 saturated heterocycles. The highest BCUT2D eigenvalue weighted by atomic mass is 16.5. The molecule has 1 aromatic heterocycles. The van der Waals surface area contributed by atoms with Gasteiger partial charge in [0.15, 0.2) is 0 Å². The summed E-state index contributed by atoms with van der Waals surface area (Å²) in [6.45, 7) is 2.00. The van der Waals surface area contributed by atoms with Crippen molar-refractivity contribution < 1.29 is 4.74 Å². The van der Waals surface area contributed by atoms with Gasteiger partial charge in [-0.1, -0.05) is 0 Å². The molecule has 4 nitrogen and oxygen atoms in total. The molecule has 3 N–H and O–H groups in total. The monoisotopic (exact) mass is 245 g/mol. The Hall–Kier alpha value is -1.55. The van der Waals surface area contributed by atoms with Crippen molar-refractivity contribution in [3.05, 3.63) is 23.9 Å². The summed E-state index contributed by atoms with van der Waals surface area (Å²) < 4.78 is 6.04. The second-order valence-corrected chi connectivity index (χ2v) is 5.17. The lowest BCUT2D eigenvalue weighted by molar-refractivity contribution is 0.147. The van der Waals surface area contributed by atoms with E-state index in [-0.39, 0.29) is 0 Å². The average molecular weight is 245 g/mol. The molecule has 1 aliphatic rings. The first-order valence-electron chi connectivity index (χ1n) is 6.59. The molecule has 2 aromatic rings. The summed E-state index contributed by atoms with van der Waals surface area (Å²) in [4.78, 5) is 0. The van der Waals surface area contributed by atoms with Gasteiger partial charge in [-0.3, -0.25) is 5.10 Å². The quantitative estimate of drug-likeness (QED) is 0.854. The van der Waals surface area contributed by atoms with E-state index in [4.69, 9.17) is 10.5 Å². The number of ether oxygens (including phenoxy) is 1. The lowest BCUT2D eigenvalue weighted by Gasteiger charge is -2.26. The number of aromatic nitrogens is 2. The molecule has 1 aliphatic carbocycles. The van der Waals surface area contributed by atoms with Crippen LogP contribution in [-0.4, -0.2) is 22.3 Å². The topological polar surface area (TPSA) is 63.9 Å². The summed E-state index contributed by atoms with van der Waals surface area (Å²) in [5.41, 5.74) is 7.98. The third-order valence-electron chi connectivity index (χ3n) is 3.75. The molecule has 1 saturated carbocycles. The smallest absolute Gasteiger partial charge is 0.120 e. The Morgan fingerprint density at radius 1 is 1.28 bits per heavy atom. The highest BCUT2D eigenvalue weighted by Gasteiger charge is 2.19. The first-order valence-corrected chi connectivity index (χ1v) is 6.59. The molecule has 3 rings (SSSR count). The van der Waals surface area contributed by atoms with Gasteiger partial charge >= 0.3 is 0 Å². The van der Waals surface area contributed by atoms with Gasteiger partial charge in [-0.15, -0.1) is 0 Å². The fourth-order valence-electron chi connectivity index (χ4n) is 2.60. The number of H-pyrrole nitrogens is 1. The Kier molecular flexibility index (Phi) is 2.96. The van der Waals surface area contributed by atoms with E-state index in [1.165, 1.54) is 0 Å². The van der Waals surface area contributed by atoms with Gasteiger partial charge in [0.25, 0.3) is 0 Å². The van der Waals surface area contributed by atoms with Gasteiger partial charge in [-0.25, -0.2) is 0 Å². The number of nitrogens with two attached hydrogens (primary N) is 1. The van der Waals surface area contributed by atoms with Crippen molar-refractivity contribution in [2.24, 2.45) is 5.73 Å². The summed E-state index contributed by atoms with van der Waals surface area (Å²) in [7, 11) is 0. The van der Waals surface area contributed by atoms with Gasteiger partial charge < -0.3 is 10.5 Å². The van der Waals surface area contributed by atoms with Crippen LogP contribution in [0, 0.1) is 6.92 Å². The van der Waals surface area contributed by atoms with Crippen LogP contribution in [0.5, 0.6) is 5.75 Å². The summed E-state index contributed by atoms with van der Waals surface area (Å²) >= 11 is 0. The first kappa shape index (κ1) is 11.5. The second kappa shape index (κ2) is 4.61. The standard InChI is InChI=1S/C14H19N3O/c1-9-13-8-12(6-7-14(13)17-16-9)18-11-4-2-10(15)3-5-11/h6-8,10-11H,2-5,15H2,1H3,(H,16,17). The predicted octanol–water partition coefficient (Wildman–Crippen LogP) is 2.52. The zero-order valence-electron chi connectivity index (χ0n) is 10.6. The van der Waals surface area contributed by atoms with Crippen molar-refractivity contribution >= 4 is 10.9 Å². The third-order valence-corrected chi connectivity index (χ3v) is 3.75. The van der Waals surface area contributed by atoms with E-state index in [9.17, 15) is 0 Å². The SMILES string of the molecule is Cc1n[nH]c2ccc(OC3CCC(N)CC3)cc12. The number of fused-ring (bicyclic) bond motifs is 1. The van der Waals surface area contributed by atoms with Gasteiger partial charge in [-0.05, 0) is 50.8 Å². The minimum Gasteiger partial charge on any atom is -0.490 e. The molecule has 0 amide bonds. The number of aryl methyl sites for hydroxylation is 1. The van der Waals surface area contributed by atoms with Crippen LogP contribution in [-0.2, 0) is 0 Å². The molecule has 96 valence electrons. The fraction of sp³-hybridized carbons (Fsp3) is 0.500. The van der Waals surface area contributed by atoms with Crippen LogP contribution in [0.3, 0.4) is 0 Å². The average Bonchev–Trinajstić information content (AvgIpc) is 2.74. The van der Waals surface area contributed by atoms with Crippen LogP contribution in [0.4, 0.5) is 0 Å². The van der Waals surface area contributed by atoms with E-state index in [1.54, 1.807) is 0 Å². The van der Waals surface area contributed by atoms with Crippen molar-refractivity contribution in [1.82, 2.24) is 10.2 Å². The molecular formula is C14H19N3O. The summed E-state index contributed by atoms with van der Waals surface area (Å²) in [6.07, 6.45) is 4.57. The Morgan fingerprint density at radius 3 is 2.83 bits per heavy atom. The van der Waals surface area contributed by atoms with Gasteiger partial charge in [0, 0.05) is 11.4 Å². The van der Waals surface area contributed by atoms with Gasteiger partial charge in [0.2, 0.25) is 0 Å². The van der Waals surface area contributed by atoms with E-state index >= 15 is 0 Å². The number of hydrogen-bond donors (Lipinski definition) is 2. The molecule has 0 spiro atoms. The van der Waals surface area contributed by atoms with Crippen molar-refractivity contribution in [2.45, 2.75) is 44.8 Å². The van der Waals surface area contributed by atoms with E-state index in [2.05, 4.69) is 16.3 Å². The van der Waals surface area contributed by atoms with Crippen LogP contribution < -0.4 is 10.5 Å². The molecule has 4 heteroatoms. The zero-order chi connectivity index (χ0) is 12.5. The maximum absolute atomic E-state index is 6.04. The minimum atomic E-state index is 0.314. The van der Waals surface area contributed by atoms with Crippen LogP contribution in [0.25, 0.3) is 10.9 Å². The molecule has 0 aliphatic heterocycles. The van der Waals surface area contributed by atoms with Crippen LogP contribution in [0.15, 0.2) is 18.2 Å². The van der Waals surface area contributed by atoms with Crippen molar-refractivity contribution in [1.29, 1.82) is 0 Å². The molecule has 1 aromatic carbocycles. The van der Waals surface area contributed by atoms with Gasteiger partial charge in [0.1, 0.15) is 5.75 Å². The van der Waals surface area contributed by atoms with Crippen molar-refractivity contribution in [3.63, 3.8) is 0 Å². The Bertz CT molecular complexity index is 541. The van der Waals surface area contributed by atoms with Crippen LogP contribution >= 0.6 is 0 Å². The summed E-state index contributed by atoms with van der Waals surface area (Å²) in [5.74, 6) is 0.937. The maximum atomic E-state index is 6.04. The van der Waals surface area contributed by atoms with Crippen LogP contribution in [0.2, 0.25) is 0 Å². The second-order valence-electron chi connectivity index (χ2n) is 5.17. The highest BCUT2D eigenvalue weighted by molar-refractivity contribution is 5.82. The molecule has 18 heavy (non-hydrogen) atoms. The number of benzene rings is 1. The largest absolute Gasteiger partial charge is 0.490 e. The molecular weight excluding hydrogens is 226 g/mol. The number of rotatable bonds is 2. The molecule has 0 unspecified atom stereocenters. The maximum Gasteiger partial charge on any atom is 0.120 e. The minimum absolute atomic E-state index is 0.314. The van der Waals surface area contributed by atoms with Gasteiger partial charge in [0.05, 0.1) is 17.3 Å². The Labute approximate surface area is 107 Å². The molecule has 0 atom stereocenters. The molecule has 1 fully saturated rings. The van der Waals surface area contributed by atoms with E-state index < -0.39 is 0 Å². The summed E-state index contributed by atoms with van der Waals surface area (Å²) in [6, 6.07) is 6.47. The van der Waals surface area contributed by atoms with Crippen molar-refractivity contribution in [2.75, 3.05) is 0 Å². The normalized spacial score (nSPS) is 24.3. The molecule has 0 bridgehead atoms.